The van der Waals surface area contributed by atoms with Gasteiger partial charge in [0.2, 0.25) is 0 Å². The number of hydrogen-bond donors (Lipinski definition) is 1. The molecule has 1 N–H and O–H groups in total. The molecule has 0 aromatic heterocycles. The lowest BCUT2D eigenvalue weighted by atomic mass is 9.97. The van der Waals surface area contributed by atoms with Gasteiger partial charge in [0.05, 0.1) is 6.61 Å². The number of aliphatic hydroxyl groups is 1. The van der Waals surface area contributed by atoms with Gasteiger partial charge in [-0.25, -0.2) is 0 Å². The first-order valence-corrected chi connectivity index (χ1v) is 15.3. The van der Waals surface area contributed by atoms with Gasteiger partial charge < -0.3 is 5.11 Å². The molecule has 0 fully saturated rings. The van der Waals surface area contributed by atoms with Gasteiger partial charge in [-0.15, -0.1) is 55.0 Å². The van der Waals surface area contributed by atoms with E-state index in [1.54, 1.807) is 0 Å². The van der Waals surface area contributed by atoms with E-state index < -0.39 is 0 Å². The average molecular weight is 533 g/mol. The first-order chi connectivity index (χ1) is 17.6. The quantitative estimate of drug-likeness (QED) is 0.186. The minimum atomic E-state index is -0.276. The fourth-order valence-corrected chi connectivity index (χ4v) is 8.22. The molecule has 0 heterocycles. The van der Waals surface area contributed by atoms with Gasteiger partial charge in [0, 0.05) is 38.4 Å². The molecule has 0 bridgehead atoms. The van der Waals surface area contributed by atoms with Crippen molar-refractivity contribution in [2.75, 3.05) is 23.9 Å². The van der Waals surface area contributed by atoms with Gasteiger partial charge in [-0.3, -0.25) is 0 Å². The van der Waals surface area contributed by atoms with Crippen LogP contribution in [0.3, 0.4) is 0 Å². The van der Waals surface area contributed by atoms with Crippen LogP contribution in [0, 0.1) is 5.41 Å². The minimum Gasteiger partial charge on any atom is -0.396 e. The summed E-state index contributed by atoms with van der Waals surface area (Å²) in [6.45, 7) is 12.4. The van der Waals surface area contributed by atoms with Gasteiger partial charge in [0.15, 0.2) is 0 Å². The normalized spacial score (nSPS) is 15.2. The van der Waals surface area contributed by atoms with Gasteiger partial charge in [0.1, 0.15) is 0 Å². The Hall–Kier alpha value is -2.11. The standard InChI is InChI=1S/C32H36OS3/c1-4-29(26-16-10-7-11-17-26)34-23-32(22-33,24-35-30(5-2)27-18-12-8-13-19-27)25-36-31(6-3)28-20-14-9-15-21-28/h4-21,29-31,33H,1-3,22-25H2. The highest BCUT2D eigenvalue weighted by Gasteiger charge is 2.33. The molecule has 3 unspecified atom stereocenters. The van der Waals surface area contributed by atoms with Gasteiger partial charge in [-0.1, -0.05) is 109 Å². The van der Waals surface area contributed by atoms with Crippen molar-refractivity contribution >= 4 is 35.3 Å². The summed E-state index contributed by atoms with van der Waals surface area (Å²) in [6, 6.07) is 31.4. The second kappa shape index (κ2) is 15.2. The van der Waals surface area contributed by atoms with E-state index in [2.05, 4.69) is 92.5 Å². The second-order valence-corrected chi connectivity index (χ2v) is 12.2. The summed E-state index contributed by atoms with van der Waals surface area (Å²) in [5.41, 5.74) is 3.45. The Morgan fingerprint density at radius 1 is 0.556 bits per heavy atom. The zero-order chi connectivity index (χ0) is 25.6. The molecule has 0 saturated heterocycles. The van der Waals surface area contributed by atoms with Crippen molar-refractivity contribution in [3.05, 3.63) is 146 Å². The minimum absolute atomic E-state index is 0.121. The SMILES string of the molecule is C=CC(SCC(CO)(CSC(C=C)c1ccccc1)CSC(C=C)c1ccccc1)c1ccccc1. The Balaban J connectivity index is 1.79. The Morgan fingerprint density at radius 2 is 0.833 bits per heavy atom. The zero-order valence-corrected chi connectivity index (χ0v) is 23.2. The van der Waals surface area contributed by atoms with Crippen LogP contribution in [-0.4, -0.2) is 29.0 Å². The van der Waals surface area contributed by atoms with Crippen LogP contribution in [-0.2, 0) is 0 Å². The Morgan fingerprint density at radius 3 is 1.06 bits per heavy atom. The first kappa shape index (κ1) is 28.5. The summed E-state index contributed by atoms with van der Waals surface area (Å²) in [6.07, 6.45) is 6.03. The van der Waals surface area contributed by atoms with Crippen molar-refractivity contribution < 1.29 is 5.11 Å². The summed E-state index contributed by atoms with van der Waals surface area (Å²) in [7, 11) is 0. The van der Waals surface area contributed by atoms with Crippen LogP contribution in [0.15, 0.2) is 129 Å². The van der Waals surface area contributed by atoms with E-state index in [9.17, 15) is 5.11 Å². The monoisotopic (exact) mass is 532 g/mol. The molecule has 0 aliphatic rings. The first-order valence-electron chi connectivity index (χ1n) is 12.1. The second-order valence-electron chi connectivity index (χ2n) is 8.79. The van der Waals surface area contributed by atoms with Gasteiger partial charge in [-0.2, -0.15) is 0 Å². The van der Waals surface area contributed by atoms with Gasteiger partial charge in [0.25, 0.3) is 0 Å². The van der Waals surface area contributed by atoms with Crippen LogP contribution < -0.4 is 0 Å². The number of aliphatic hydroxyl groups excluding tert-OH is 1. The van der Waals surface area contributed by atoms with Crippen molar-refractivity contribution in [1.82, 2.24) is 0 Å². The highest BCUT2D eigenvalue weighted by molar-refractivity contribution is 8.01. The van der Waals surface area contributed by atoms with Crippen LogP contribution in [0.25, 0.3) is 0 Å². The summed E-state index contributed by atoms with van der Waals surface area (Å²) < 4.78 is 0. The molecular weight excluding hydrogens is 497 g/mol. The van der Waals surface area contributed by atoms with Crippen molar-refractivity contribution in [1.29, 1.82) is 0 Å². The summed E-state index contributed by atoms with van der Waals surface area (Å²) in [5, 5.41) is 11.4. The molecule has 3 aromatic rings. The van der Waals surface area contributed by atoms with Crippen LogP contribution in [0.2, 0.25) is 0 Å². The predicted molar refractivity (Wildman–Crippen MR) is 165 cm³/mol. The van der Waals surface area contributed by atoms with Crippen molar-refractivity contribution in [2.45, 2.75) is 15.7 Å². The topological polar surface area (TPSA) is 20.2 Å². The molecular formula is C32H36OS3. The number of rotatable bonds is 16. The summed E-state index contributed by atoms with van der Waals surface area (Å²) in [5.74, 6) is 2.48. The molecule has 0 spiro atoms. The average Bonchev–Trinajstić information content (AvgIpc) is 2.95. The molecule has 0 aliphatic heterocycles. The van der Waals surface area contributed by atoms with Crippen LogP contribution in [0.5, 0.6) is 0 Å². The third-order valence-corrected chi connectivity index (χ3v) is 10.9. The highest BCUT2D eigenvalue weighted by atomic mass is 32.2. The van der Waals surface area contributed by atoms with Crippen molar-refractivity contribution in [3.8, 4) is 0 Å². The van der Waals surface area contributed by atoms with E-state index in [1.165, 1.54) is 16.7 Å². The highest BCUT2D eigenvalue weighted by Crippen LogP contribution is 2.44. The van der Waals surface area contributed by atoms with E-state index in [4.69, 9.17) is 0 Å². The molecule has 0 saturated carbocycles. The Bertz CT molecular complexity index is 918. The van der Waals surface area contributed by atoms with E-state index in [0.29, 0.717) is 0 Å². The molecule has 0 radical (unpaired) electrons. The lowest BCUT2D eigenvalue weighted by Crippen LogP contribution is -2.35. The molecule has 1 nitrogen and oxygen atoms in total. The van der Waals surface area contributed by atoms with E-state index in [0.717, 1.165) is 17.3 Å². The molecule has 3 rings (SSSR count). The maximum atomic E-state index is 10.8. The summed E-state index contributed by atoms with van der Waals surface area (Å²) in [4.78, 5) is 0. The van der Waals surface area contributed by atoms with Crippen molar-refractivity contribution in [2.24, 2.45) is 5.41 Å². The summed E-state index contributed by atoms with van der Waals surface area (Å²) >= 11 is 5.58. The lowest BCUT2D eigenvalue weighted by Gasteiger charge is -2.34. The fourth-order valence-electron chi connectivity index (χ4n) is 3.89. The molecule has 36 heavy (non-hydrogen) atoms. The van der Waals surface area contributed by atoms with Crippen LogP contribution in [0.4, 0.5) is 0 Å². The third-order valence-electron chi connectivity index (χ3n) is 6.07. The zero-order valence-electron chi connectivity index (χ0n) is 20.7. The molecule has 0 amide bonds. The predicted octanol–water partition coefficient (Wildman–Crippen LogP) is 8.95. The lowest BCUT2D eigenvalue weighted by molar-refractivity contribution is 0.188. The number of hydrogen-bond acceptors (Lipinski definition) is 4. The molecule has 188 valence electrons. The van der Waals surface area contributed by atoms with Crippen LogP contribution in [0.1, 0.15) is 32.4 Å². The smallest absolute Gasteiger partial charge is 0.0511 e. The number of benzene rings is 3. The third kappa shape index (κ3) is 8.21. The molecule has 3 aromatic carbocycles. The largest absolute Gasteiger partial charge is 0.396 e. The molecule has 0 aliphatic carbocycles. The van der Waals surface area contributed by atoms with Gasteiger partial charge in [-0.05, 0) is 16.7 Å². The molecule has 4 heteroatoms. The van der Waals surface area contributed by atoms with E-state index in [-0.39, 0.29) is 27.8 Å². The molecule has 3 atom stereocenters. The van der Waals surface area contributed by atoms with Crippen molar-refractivity contribution in [3.63, 3.8) is 0 Å². The Kier molecular flexibility index (Phi) is 12.0. The fraction of sp³-hybridized carbons (Fsp3) is 0.250. The van der Waals surface area contributed by atoms with Crippen LogP contribution >= 0.6 is 35.3 Å². The van der Waals surface area contributed by atoms with E-state index >= 15 is 0 Å². The van der Waals surface area contributed by atoms with Gasteiger partial charge >= 0.3 is 0 Å². The maximum Gasteiger partial charge on any atom is 0.0511 e. The number of thioether (sulfide) groups is 3. The Labute approximate surface area is 230 Å². The maximum absolute atomic E-state index is 10.8. The van der Waals surface area contributed by atoms with E-state index in [1.807, 2.05) is 71.7 Å².